The number of aromatic nitrogens is 1. The molecule has 0 fully saturated rings. The predicted molar refractivity (Wildman–Crippen MR) is 129 cm³/mol. The number of para-hydroxylation sites is 1. The SMILES string of the molecule is CC(NC(=O)OCc1ccccc1)C(=O)NC(Cc1c[nH]c2ccccc12)C(=O)OC(C)(C)C. The van der Waals surface area contributed by atoms with Gasteiger partial charge in [-0.15, -0.1) is 0 Å². The Morgan fingerprint density at radius 2 is 1.65 bits per heavy atom. The maximum Gasteiger partial charge on any atom is 0.408 e. The summed E-state index contributed by atoms with van der Waals surface area (Å²) < 4.78 is 10.7. The van der Waals surface area contributed by atoms with Gasteiger partial charge in [0.2, 0.25) is 5.91 Å². The third-order valence-corrected chi connectivity index (χ3v) is 5.05. The molecule has 34 heavy (non-hydrogen) atoms. The molecule has 0 radical (unpaired) electrons. The van der Waals surface area contributed by atoms with E-state index in [1.807, 2.05) is 60.8 Å². The van der Waals surface area contributed by atoms with Crippen molar-refractivity contribution in [2.75, 3.05) is 0 Å². The molecule has 0 saturated carbocycles. The number of fused-ring (bicyclic) bond motifs is 1. The number of esters is 1. The molecule has 2 amide bonds. The van der Waals surface area contributed by atoms with Crippen LogP contribution in [0.2, 0.25) is 0 Å². The number of ether oxygens (including phenoxy) is 2. The number of carbonyl (C=O) groups excluding carboxylic acids is 3. The van der Waals surface area contributed by atoms with Gasteiger partial charge in [-0.05, 0) is 44.9 Å². The van der Waals surface area contributed by atoms with Crippen molar-refractivity contribution < 1.29 is 23.9 Å². The van der Waals surface area contributed by atoms with E-state index in [2.05, 4.69) is 15.6 Å². The Kier molecular flexibility index (Phi) is 7.94. The number of hydrogen-bond acceptors (Lipinski definition) is 5. The molecule has 0 saturated heterocycles. The molecule has 0 bridgehead atoms. The van der Waals surface area contributed by atoms with Gasteiger partial charge in [-0.1, -0.05) is 48.5 Å². The van der Waals surface area contributed by atoms with Gasteiger partial charge >= 0.3 is 12.1 Å². The number of aromatic amines is 1. The van der Waals surface area contributed by atoms with E-state index in [4.69, 9.17) is 9.47 Å². The molecule has 0 spiro atoms. The molecule has 1 heterocycles. The first-order valence-corrected chi connectivity index (χ1v) is 11.2. The highest BCUT2D eigenvalue weighted by atomic mass is 16.6. The highest BCUT2D eigenvalue weighted by molar-refractivity contribution is 5.90. The fraction of sp³-hybridized carbons (Fsp3) is 0.346. The van der Waals surface area contributed by atoms with E-state index in [-0.39, 0.29) is 13.0 Å². The molecule has 0 aliphatic carbocycles. The maximum atomic E-state index is 12.9. The largest absolute Gasteiger partial charge is 0.458 e. The van der Waals surface area contributed by atoms with Crippen molar-refractivity contribution in [3.05, 3.63) is 71.9 Å². The number of nitrogens with one attached hydrogen (secondary N) is 3. The molecule has 2 atom stereocenters. The van der Waals surface area contributed by atoms with Gasteiger partial charge in [0.15, 0.2) is 0 Å². The van der Waals surface area contributed by atoms with Crippen molar-refractivity contribution in [3.63, 3.8) is 0 Å². The third kappa shape index (κ3) is 7.10. The van der Waals surface area contributed by atoms with Crippen molar-refractivity contribution in [2.45, 2.75) is 58.4 Å². The zero-order chi connectivity index (χ0) is 24.7. The van der Waals surface area contributed by atoms with Crippen LogP contribution >= 0.6 is 0 Å². The molecule has 0 aliphatic heterocycles. The van der Waals surface area contributed by atoms with Crippen LogP contribution in [0.15, 0.2) is 60.8 Å². The van der Waals surface area contributed by atoms with E-state index < -0.39 is 35.7 Å². The van der Waals surface area contributed by atoms with Gasteiger partial charge < -0.3 is 25.1 Å². The lowest BCUT2D eigenvalue weighted by Crippen LogP contribution is -2.52. The summed E-state index contributed by atoms with van der Waals surface area (Å²) >= 11 is 0. The number of carbonyl (C=O) groups is 3. The first-order valence-electron chi connectivity index (χ1n) is 11.2. The first kappa shape index (κ1) is 24.8. The van der Waals surface area contributed by atoms with Crippen LogP contribution in [0.3, 0.4) is 0 Å². The molecule has 3 aromatic rings. The fourth-order valence-electron chi connectivity index (χ4n) is 3.39. The number of amides is 2. The van der Waals surface area contributed by atoms with Crippen LogP contribution in [0, 0.1) is 0 Å². The fourth-order valence-corrected chi connectivity index (χ4v) is 3.39. The van der Waals surface area contributed by atoms with Gasteiger partial charge in [0.25, 0.3) is 0 Å². The Hall–Kier alpha value is -3.81. The summed E-state index contributed by atoms with van der Waals surface area (Å²) in [5, 5.41) is 6.18. The molecule has 2 aromatic carbocycles. The Bertz CT molecular complexity index is 1130. The van der Waals surface area contributed by atoms with Gasteiger partial charge in [-0.2, -0.15) is 0 Å². The van der Waals surface area contributed by atoms with Gasteiger partial charge in [-0.3, -0.25) is 4.79 Å². The lowest BCUT2D eigenvalue weighted by atomic mass is 10.0. The van der Waals surface area contributed by atoms with Crippen LogP contribution in [-0.4, -0.2) is 40.6 Å². The molecule has 8 heteroatoms. The van der Waals surface area contributed by atoms with Crippen molar-refractivity contribution in [1.82, 2.24) is 15.6 Å². The van der Waals surface area contributed by atoms with Gasteiger partial charge in [0.1, 0.15) is 24.3 Å². The second-order valence-electron chi connectivity index (χ2n) is 9.09. The van der Waals surface area contributed by atoms with Crippen molar-refractivity contribution in [2.24, 2.45) is 0 Å². The van der Waals surface area contributed by atoms with Crippen LogP contribution < -0.4 is 10.6 Å². The lowest BCUT2D eigenvalue weighted by Gasteiger charge is -2.25. The standard InChI is InChI=1S/C26H31N3O5/c1-17(28-25(32)33-16-18-10-6-5-7-11-18)23(30)29-22(24(31)34-26(2,3)4)14-19-15-27-21-13-9-8-12-20(19)21/h5-13,15,17,22,27H,14,16H2,1-4H3,(H,28,32)(H,29,30). The summed E-state index contributed by atoms with van der Waals surface area (Å²) in [6, 6.07) is 15.1. The molecule has 0 aliphatic rings. The zero-order valence-corrected chi connectivity index (χ0v) is 19.9. The highest BCUT2D eigenvalue weighted by Crippen LogP contribution is 2.20. The van der Waals surface area contributed by atoms with Crippen molar-refractivity contribution in [1.29, 1.82) is 0 Å². The summed E-state index contributed by atoms with van der Waals surface area (Å²) in [5.74, 6) is -1.07. The van der Waals surface area contributed by atoms with Crippen molar-refractivity contribution >= 4 is 28.9 Å². The van der Waals surface area contributed by atoms with E-state index in [9.17, 15) is 14.4 Å². The quantitative estimate of drug-likeness (QED) is 0.438. The minimum absolute atomic E-state index is 0.0854. The van der Waals surface area contributed by atoms with E-state index in [0.29, 0.717) is 0 Å². The van der Waals surface area contributed by atoms with Gasteiger partial charge in [-0.25, -0.2) is 9.59 Å². The summed E-state index contributed by atoms with van der Waals surface area (Å²) in [6.45, 7) is 6.91. The smallest absolute Gasteiger partial charge is 0.408 e. The van der Waals surface area contributed by atoms with E-state index in [1.165, 1.54) is 6.92 Å². The molecule has 8 nitrogen and oxygen atoms in total. The second kappa shape index (κ2) is 10.9. The second-order valence-corrected chi connectivity index (χ2v) is 9.09. The average molecular weight is 466 g/mol. The van der Waals surface area contributed by atoms with Crippen LogP contribution in [0.5, 0.6) is 0 Å². The van der Waals surface area contributed by atoms with Crippen LogP contribution in [-0.2, 0) is 32.1 Å². The first-order chi connectivity index (χ1) is 16.1. The molecular weight excluding hydrogens is 434 g/mol. The summed E-state index contributed by atoms with van der Waals surface area (Å²) in [7, 11) is 0. The molecule has 2 unspecified atom stereocenters. The molecule has 180 valence electrons. The van der Waals surface area contributed by atoms with E-state index >= 15 is 0 Å². The number of rotatable bonds is 8. The number of hydrogen-bond donors (Lipinski definition) is 3. The molecule has 1 aromatic heterocycles. The lowest BCUT2D eigenvalue weighted by molar-refractivity contribution is -0.158. The average Bonchev–Trinajstić information content (AvgIpc) is 3.19. The normalized spacial score (nSPS) is 13.1. The molecule has 3 rings (SSSR count). The predicted octanol–water partition coefficient (Wildman–Crippen LogP) is 3.85. The monoisotopic (exact) mass is 465 g/mol. The van der Waals surface area contributed by atoms with Crippen LogP contribution in [0.4, 0.5) is 4.79 Å². The van der Waals surface area contributed by atoms with Crippen LogP contribution in [0.1, 0.15) is 38.8 Å². The highest BCUT2D eigenvalue weighted by Gasteiger charge is 2.29. The Balaban J connectivity index is 1.64. The van der Waals surface area contributed by atoms with E-state index in [1.54, 1.807) is 20.8 Å². The third-order valence-electron chi connectivity index (χ3n) is 5.05. The summed E-state index contributed by atoms with van der Waals surface area (Å²) in [6.07, 6.45) is 1.32. The minimum Gasteiger partial charge on any atom is -0.458 e. The number of H-pyrrole nitrogens is 1. The Labute approximate surface area is 199 Å². The van der Waals surface area contributed by atoms with Crippen molar-refractivity contribution in [3.8, 4) is 0 Å². The summed E-state index contributed by atoms with van der Waals surface area (Å²) in [5.41, 5.74) is 1.92. The van der Waals surface area contributed by atoms with E-state index in [0.717, 1.165) is 22.0 Å². The zero-order valence-electron chi connectivity index (χ0n) is 19.9. The Morgan fingerprint density at radius 1 is 0.971 bits per heavy atom. The Morgan fingerprint density at radius 3 is 2.35 bits per heavy atom. The maximum absolute atomic E-state index is 12.9. The number of alkyl carbamates (subject to hydrolysis) is 1. The molecular formula is C26H31N3O5. The number of benzene rings is 2. The minimum atomic E-state index is -0.935. The van der Waals surface area contributed by atoms with Gasteiger partial charge in [0, 0.05) is 23.5 Å². The topological polar surface area (TPSA) is 110 Å². The summed E-state index contributed by atoms with van der Waals surface area (Å²) in [4.78, 5) is 41.0. The van der Waals surface area contributed by atoms with Gasteiger partial charge in [0.05, 0.1) is 0 Å². The molecule has 3 N–H and O–H groups in total. The van der Waals surface area contributed by atoms with Crippen LogP contribution in [0.25, 0.3) is 10.9 Å².